The minimum Gasteiger partial charge on any atom is -0.468 e. The Morgan fingerprint density at radius 1 is 1.07 bits per heavy atom. The minimum absolute atomic E-state index is 0.0177. The van der Waals surface area contributed by atoms with E-state index in [2.05, 4.69) is 14.8 Å². The molecule has 9 heteroatoms. The summed E-state index contributed by atoms with van der Waals surface area (Å²) in [5, 5.41) is 2.39. The lowest BCUT2D eigenvalue weighted by Crippen LogP contribution is -2.36. The molecule has 1 fully saturated rings. The van der Waals surface area contributed by atoms with Crippen LogP contribution in [0.4, 0.5) is 4.79 Å². The van der Waals surface area contributed by atoms with Crippen LogP contribution in [0.25, 0.3) is 17.4 Å². The van der Waals surface area contributed by atoms with Crippen molar-refractivity contribution in [3.63, 3.8) is 0 Å². The van der Waals surface area contributed by atoms with Gasteiger partial charge < -0.3 is 19.2 Å². The molecule has 3 rings (SSSR count). The fourth-order valence-electron chi connectivity index (χ4n) is 2.53. The molecule has 0 spiro atoms. The Hall–Kier alpha value is -3.88. The number of nitrogens with one attached hydrogen (secondary N) is 1. The number of carbonyl (C=O) groups excluding carboxylic acids is 4. The Bertz CT molecular complexity index is 972. The molecule has 0 bridgehead atoms. The zero-order valence-corrected chi connectivity index (χ0v) is 15.1. The summed E-state index contributed by atoms with van der Waals surface area (Å²) in [6.45, 7) is -0.478. The summed E-state index contributed by atoms with van der Waals surface area (Å²) in [5.74, 6) is -0.971. The highest BCUT2D eigenvalue weighted by molar-refractivity contribution is 6.15. The highest BCUT2D eigenvalue weighted by Gasteiger charge is 2.35. The fourth-order valence-corrected chi connectivity index (χ4v) is 2.53. The zero-order valence-electron chi connectivity index (χ0n) is 15.1. The van der Waals surface area contributed by atoms with Gasteiger partial charge in [-0.15, -0.1) is 0 Å². The predicted octanol–water partition coefficient (Wildman–Crippen LogP) is 1.80. The van der Waals surface area contributed by atoms with Crippen molar-refractivity contribution in [2.24, 2.45) is 0 Å². The second-order valence-electron chi connectivity index (χ2n) is 5.73. The van der Waals surface area contributed by atoms with Gasteiger partial charge in [0.05, 0.1) is 19.8 Å². The number of benzene rings is 1. The maximum Gasteiger partial charge on any atom is 0.337 e. The zero-order chi connectivity index (χ0) is 20.3. The monoisotopic (exact) mass is 384 g/mol. The number of hydrogen-bond donors (Lipinski definition) is 1. The van der Waals surface area contributed by atoms with Crippen molar-refractivity contribution in [3.8, 4) is 11.3 Å². The number of hydrogen-bond acceptors (Lipinski definition) is 7. The van der Waals surface area contributed by atoms with Gasteiger partial charge in [-0.1, -0.05) is 12.1 Å². The van der Waals surface area contributed by atoms with Crippen molar-refractivity contribution < 1.29 is 33.1 Å². The van der Waals surface area contributed by atoms with Crippen molar-refractivity contribution in [2.45, 2.75) is 0 Å². The van der Waals surface area contributed by atoms with E-state index in [1.807, 2.05) is 0 Å². The summed E-state index contributed by atoms with van der Waals surface area (Å²) < 4.78 is 14.8. The molecule has 3 amide bonds. The third-order valence-corrected chi connectivity index (χ3v) is 3.98. The van der Waals surface area contributed by atoms with Crippen LogP contribution in [0.2, 0.25) is 0 Å². The molecular weight excluding hydrogens is 368 g/mol. The van der Waals surface area contributed by atoms with Gasteiger partial charge >= 0.3 is 18.0 Å². The number of esters is 2. The van der Waals surface area contributed by atoms with Crippen LogP contribution in [-0.2, 0) is 19.1 Å². The fraction of sp³-hybridized carbons (Fsp3) is 0.158. The molecular formula is C19H16N2O7. The second kappa shape index (κ2) is 7.78. The normalized spacial score (nSPS) is 14.9. The van der Waals surface area contributed by atoms with Gasteiger partial charge in [0.2, 0.25) is 0 Å². The molecule has 0 unspecified atom stereocenters. The highest BCUT2D eigenvalue weighted by Crippen LogP contribution is 2.24. The van der Waals surface area contributed by atoms with E-state index in [0.717, 1.165) is 4.90 Å². The average molecular weight is 384 g/mol. The van der Waals surface area contributed by atoms with Gasteiger partial charge in [-0.25, -0.2) is 14.5 Å². The molecule has 1 N–H and O–H groups in total. The smallest absolute Gasteiger partial charge is 0.337 e. The Balaban J connectivity index is 1.77. The quantitative estimate of drug-likeness (QED) is 0.475. The molecule has 2 heterocycles. The number of nitrogens with zero attached hydrogens (tertiary/aromatic N) is 1. The topological polar surface area (TPSA) is 115 Å². The molecule has 144 valence electrons. The minimum atomic E-state index is -0.716. The Morgan fingerprint density at radius 3 is 2.43 bits per heavy atom. The Morgan fingerprint density at radius 2 is 1.79 bits per heavy atom. The molecule has 0 atom stereocenters. The van der Waals surface area contributed by atoms with E-state index < -0.39 is 30.4 Å². The van der Waals surface area contributed by atoms with E-state index in [9.17, 15) is 19.2 Å². The van der Waals surface area contributed by atoms with Gasteiger partial charge in [0.15, 0.2) is 0 Å². The van der Waals surface area contributed by atoms with Crippen molar-refractivity contribution in [1.29, 1.82) is 0 Å². The first-order valence-electron chi connectivity index (χ1n) is 8.13. The molecule has 9 nitrogen and oxygen atoms in total. The molecule has 1 aromatic carbocycles. The number of rotatable bonds is 5. The van der Waals surface area contributed by atoms with Gasteiger partial charge in [-0.05, 0) is 24.3 Å². The van der Waals surface area contributed by atoms with E-state index in [1.165, 1.54) is 20.3 Å². The summed E-state index contributed by atoms with van der Waals surface area (Å²) in [6, 6.07) is 9.20. The second-order valence-corrected chi connectivity index (χ2v) is 5.73. The largest absolute Gasteiger partial charge is 0.468 e. The van der Waals surface area contributed by atoms with Crippen LogP contribution < -0.4 is 5.32 Å². The summed E-state index contributed by atoms with van der Waals surface area (Å²) in [6.07, 6.45) is 1.36. The first kappa shape index (κ1) is 18.9. The number of carbonyl (C=O) groups is 4. The van der Waals surface area contributed by atoms with E-state index in [-0.39, 0.29) is 5.70 Å². The van der Waals surface area contributed by atoms with Crippen molar-refractivity contribution in [2.75, 3.05) is 20.8 Å². The number of methoxy groups -OCH3 is 2. The van der Waals surface area contributed by atoms with Gasteiger partial charge in [-0.3, -0.25) is 9.59 Å². The first-order valence-corrected chi connectivity index (χ1v) is 8.13. The first-order chi connectivity index (χ1) is 13.4. The summed E-state index contributed by atoms with van der Waals surface area (Å²) in [7, 11) is 2.47. The molecule has 1 saturated heterocycles. The maximum absolute atomic E-state index is 12.3. The summed E-state index contributed by atoms with van der Waals surface area (Å²) in [5.41, 5.74) is 1.10. The molecule has 0 saturated carbocycles. The lowest BCUT2D eigenvalue weighted by molar-refractivity contribution is -0.143. The van der Waals surface area contributed by atoms with Crippen molar-refractivity contribution >= 4 is 30.0 Å². The van der Waals surface area contributed by atoms with Gasteiger partial charge in [0.1, 0.15) is 23.8 Å². The van der Waals surface area contributed by atoms with Gasteiger partial charge in [0.25, 0.3) is 5.91 Å². The van der Waals surface area contributed by atoms with Crippen LogP contribution in [0.5, 0.6) is 0 Å². The third kappa shape index (κ3) is 3.78. The van der Waals surface area contributed by atoms with E-state index in [1.54, 1.807) is 36.4 Å². The molecule has 0 radical (unpaired) electrons. The lowest BCUT2D eigenvalue weighted by atomic mass is 10.1. The van der Waals surface area contributed by atoms with Gasteiger partial charge in [-0.2, -0.15) is 0 Å². The molecule has 2 aromatic rings. The van der Waals surface area contributed by atoms with Crippen LogP contribution in [0.1, 0.15) is 16.1 Å². The van der Waals surface area contributed by atoms with Gasteiger partial charge in [0, 0.05) is 11.6 Å². The molecule has 1 aromatic heterocycles. The third-order valence-electron chi connectivity index (χ3n) is 3.98. The molecule has 28 heavy (non-hydrogen) atoms. The molecule has 1 aliphatic rings. The molecule has 0 aliphatic carbocycles. The Labute approximate surface area is 159 Å². The average Bonchev–Trinajstić information content (AvgIpc) is 3.27. The SMILES string of the molecule is COC(=O)CN1C(=O)N/C(=C/c2ccc(-c3ccc(C(=O)OC)cc3)o2)C1=O. The summed E-state index contributed by atoms with van der Waals surface area (Å²) >= 11 is 0. The number of urea groups is 1. The number of ether oxygens (including phenoxy) is 2. The van der Waals surface area contributed by atoms with Crippen molar-refractivity contribution in [1.82, 2.24) is 10.2 Å². The van der Waals surface area contributed by atoms with E-state index >= 15 is 0 Å². The maximum atomic E-state index is 12.3. The number of amides is 3. The number of imide groups is 1. The standard InChI is InChI=1S/C19H16N2O7/c1-26-16(22)10-21-17(23)14(20-19(21)25)9-13-7-8-15(28-13)11-3-5-12(6-4-11)18(24)27-2/h3-9H,10H2,1-2H3,(H,20,25)/b14-9+. The Kier molecular flexibility index (Phi) is 5.25. The van der Waals surface area contributed by atoms with E-state index in [4.69, 9.17) is 4.42 Å². The van der Waals surface area contributed by atoms with Crippen LogP contribution in [0, 0.1) is 0 Å². The highest BCUT2D eigenvalue weighted by atomic mass is 16.5. The van der Waals surface area contributed by atoms with Crippen LogP contribution in [-0.4, -0.2) is 49.5 Å². The molecule has 1 aliphatic heterocycles. The van der Waals surface area contributed by atoms with Crippen LogP contribution in [0.15, 0.2) is 46.5 Å². The van der Waals surface area contributed by atoms with Crippen LogP contribution in [0.3, 0.4) is 0 Å². The van der Waals surface area contributed by atoms with Crippen molar-refractivity contribution in [3.05, 3.63) is 53.4 Å². The number of furan rings is 1. The van der Waals surface area contributed by atoms with Crippen LogP contribution >= 0.6 is 0 Å². The van der Waals surface area contributed by atoms with E-state index in [0.29, 0.717) is 22.6 Å². The predicted molar refractivity (Wildman–Crippen MR) is 95.7 cm³/mol. The lowest BCUT2D eigenvalue weighted by Gasteiger charge is -2.08. The summed E-state index contributed by atoms with van der Waals surface area (Å²) in [4.78, 5) is 47.6.